The highest BCUT2D eigenvalue weighted by molar-refractivity contribution is 7.99. The van der Waals surface area contributed by atoms with Gasteiger partial charge >= 0.3 is 0 Å². The first-order valence-electron chi connectivity index (χ1n) is 12.2. The monoisotopic (exact) mass is 503 g/mol. The van der Waals surface area contributed by atoms with Crippen molar-refractivity contribution in [2.24, 2.45) is 0 Å². The van der Waals surface area contributed by atoms with Crippen LogP contribution in [0.2, 0.25) is 0 Å². The van der Waals surface area contributed by atoms with Crippen molar-refractivity contribution < 1.29 is 13.2 Å². The summed E-state index contributed by atoms with van der Waals surface area (Å²) in [6.45, 7) is 3.06. The summed E-state index contributed by atoms with van der Waals surface area (Å²) in [6, 6.07) is 7.06. The fourth-order valence-corrected chi connectivity index (χ4v) is 7.47. The number of thioether (sulfide) groups is 1. The number of rotatable bonds is 9. The first-order valence-corrected chi connectivity index (χ1v) is 15.0. The van der Waals surface area contributed by atoms with Gasteiger partial charge in [0.25, 0.3) is 5.56 Å². The van der Waals surface area contributed by atoms with Crippen molar-refractivity contribution in [1.29, 1.82) is 0 Å². The number of nitrogens with zero attached hydrogens (tertiary/aromatic N) is 3. The minimum absolute atomic E-state index is 0.0391. The van der Waals surface area contributed by atoms with Crippen LogP contribution in [0, 0.1) is 0 Å². The van der Waals surface area contributed by atoms with Gasteiger partial charge in [0.2, 0.25) is 5.91 Å². The highest BCUT2D eigenvalue weighted by Crippen LogP contribution is 2.24. The molecule has 1 fully saturated rings. The van der Waals surface area contributed by atoms with E-state index in [0.29, 0.717) is 35.6 Å². The van der Waals surface area contributed by atoms with Gasteiger partial charge in [-0.15, -0.1) is 0 Å². The Morgan fingerprint density at radius 1 is 1.26 bits per heavy atom. The van der Waals surface area contributed by atoms with Gasteiger partial charge in [0.05, 0.1) is 28.2 Å². The Balaban J connectivity index is 1.55. The number of allylic oxidation sites excluding steroid dienone is 2. The molecule has 0 radical (unpaired) electrons. The summed E-state index contributed by atoms with van der Waals surface area (Å²) in [5, 5.41) is 1.13. The molecule has 2 heterocycles. The van der Waals surface area contributed by atoms with Crippen LogP contribution in [-0.4, -0.2) is 58.6 Å². The van der Waals surface area contributed by atoms with Crippen molar-refractivity contribution in [1.82, 2.24) is 14.5 Å². The zero-order chi connectivity index (χ0) is 24.1. The molecule has 7 nitrogen and oxygen atoms in total. The zero-order valence-corrected chi connectivity index (χ0v) is 21.4. The lowest BCUT2D eigenvalue weighted by Gasteiger charge is -2.28. The molecular formula is C25H33N3O4S2. The molecule has 9 heteroatoms. The first-order chi connectivity index (χ1) is 16.4. The maximum Gasteiger partial charge on any atom is 0.262 e. The van der Waals surface area contributed by atoms with Crippen molar-refractivity contribution in [2.75, 3.05) is 23.8 Å². The Bertz CT molecular complexity index is 1240. The number of carbonyl (C=O) groups is 1. The Kier molecular flexibility index (Phi) is 8.14. The molecule has 1 amide bonds. The predicted molar refractivity (Wildman–Crippen MR) is 137 cm³/mol. The minimum atomic E-state index is -3.08. The molecule has 1 saturated heterocycles. The van der Waals surface area contributed by atoms with Crippen LogP contribution < -0.4 is 5.56 Å². The summed E-state index contributed by atoms with van der Waals surface area (Å²) in [5.41, 5.74) is 1.93. The molecule has 1 aromatic heterocycles. The summed E-state index contributed by atoms with van der Waals surface area (Å²) < 4.78 is 25.6. The van der Waals surface area contributed by atoms with Gasteiger partial charge in [-0.3, -0.25) is 14.2 Å². The number of carbonyl (C=O) groups excluding carboxylic acids is 1. The van der Waals surface area contributed by atoms with Crippen LogP contribution in [-0.2, 0) is 21.2 Å². The summed E-state index contributed by atoms with van der Waals surface area (Å²) in [6.07, 6.45) is 8.94. The molecule has 184 valence electrons. The van der Waals surface area contributed by atoms with E-state index in [2.05, 4.69) is 6.08 Å². The molecule has 0 spiro atoms. The van der Waals surface area contributed by atoms with Crippen molar-refractivity contribution in [2.45, 2.75) is 69.6 Å². The lowest BCUT2D eigenvalue weighted by Crippen LogP contribution is -2.42. The smallest absolute Gasteiger partial charge is 0.262 e. The summed E-state index contributed by atoms with van der Waals surface area (Å²) in [5.74, 6) is 0.208. The van der Waals surface area contributed by atoms with Gasteiger partial charge in [0.1, 0.15) is 0 Å². The van der Waals surface area contributed by atoms with E-state index in [1.54, 1.807) is 15.5 Å². The summed E-state index contributed by atoms with van der Waals surface area (Å²) in [7, 11) is -3.08. The number of aromatic nitrogens is 2. The van der Waals surface area contributed by atoms with Gasteiger partial charge in [-0.2, -0.15) is 0 Å². The molecule has 2 aliphatic rings. The predicted octanol–water partition coefficient (Wildman–Crippen LogP) is 3.80. The second-order valence-electron chi connectivity index (χ2n) is 9.16. The van der Waals surface area contributed by atoms with Crippen molar-refractivity contribution in [3.05, 3.63) is 46.3 Å². The van der Waals surface area contributed by atoms with Crippen LogP contribution in [0.3, 0.4) is 0 Å². The van der Waals surface area contributed by atoms with E-state index < -0.39 is 9.84 Å². The van der Waals surface area contributed by atoms with Crippen LogP contribution in [0.4, 0.5) is 0 Å². The molecule has 1 atom stereocenters. The van der Waals surface area contributed by atoms with Gasteiger partial charge in [-0.1, -0.05) is 42.5 Å². The lowest BCUT2D eigenvalue weighted by molar-refractivity contribution is -0.130. The molecule has 1 aliphatic heterocycles. The second kappa shape index (κ2) is 11.1. The Labute approximate surface area is 205 Å². The fraction of sp³-hybridized carbons (Fsp3) is 0.560. The Morgan fingerprint density at radius 2 is 2.09 bits per heavy atom. The number of hydrogen-bond donors (Lipinski definition) is 0. The van der Waals surface area contributed by atoms with Gasteiger partial charge in [0, 0.05) is 19.1 Å². The number of hydrogen-bond acceptors (Lipinski definition) is 6. The number of sulfone groups is 1. The molecule has 0 N–H and O–H groups in total. The van der Waals surface area contributed by atoms with Gasteiger partial charge in [-0.25, -0.2) is 13.4 Å². The summed E-state index contributed by atoms with van der Waals surface area (Å²) in [4.78, 5) is 32.9. The van der Waals surface area contributed by atoms with E-state index in [-0.39, 0.29) is 34.8 Å². The number of amides is 1. The fourth-order valence-electron chi connectivity index (χ4n) is 4.82. The maximum atomic E-state index is 13.3. The number of para-hydroxylation sites is 1. The van der Waals surface area contributed by atoms with Gasteiger partial charge in [-0.05, 0) is 57.1 Å². The summed E-state index contributed by atoms with van der Waals surface area (Å²) >= 11 is 1.28. The van der Waals surface area contributed by atoms with Crippen LogP contribution in [0.15, 0.2) is 45.9 Å². The van der Waals surface area contributed by atoms with Crippen molar-refractivity contribution in [3.8, 4) is 0 Å². The molecule has 0 saturated carbocycles. The molecule has 34 heavy (non-hydrogen) atoms. The molecule has 1 aliphatic carbocycles. The van der Waals surface area contributed by atoms with Crippen LogP contribution in [0.25, 0.3) is 10.9 Å². The first kappa shape index (κ1) is 25.0. The second-order valence-corrected chi connectivity index (χ2v) is 12.3. The van der Waals surface area contributed by atoms with Gasteiger partial charge < -0.3 is 4.90 Å². The topological polar surface area (TPSA) is 89.3 Å². The van der Waals surface area contributed by atoms with Crippen molar-refractivity contribution >= 4 is 38.4 Å². The maximum absolute atomic E-state index is 13.3. The molecular weight excluding hydrogens is 470 g/mol. The number of fused-ring (bicyclic) bond motifs is 1. The van der Waals surface area contributed by atoms with Crippen LogP contribution in [0.5, 0.6) is 0 Å². The quantitative estimate of drug-likeness (QED) is 0.294. The van der Waals surface area contributed by atoms with E-state index in [4.69, 9.17) is 4.98 Å². The molecule has 1 aromatic carbocycles. The Morgan fingerprint density at radius 3 is 2.79 bits per heavy atom. The average Bonchev–Trinajstić information content (AvgIpc) is 3.20. The van der Waals surface area contributed by atoms with E-state index in [1.165, 1.54) is 30.2 Å². The average molecular weight is 504 g/mol. The van der Waals surface area contributed by atoms with E-state index in [1.807, 2.05) is 25.1 Å². The Hall–Kier alpha value is -2.13. The molecule has 1 unspecified atom stereocenters. The lowest BCUT2D eigenvalue weighted by atomic mass is 9.97. The highest BCUT2D eigenvalue weighted by atomic mass is 32.2. The number of benzene rings is 1. The largest absolute Gasteiger partial charge is 0.338 e. The van der Waals surface area contributed by atoms with Crippen LogP contribution in [0.1, 0.15) is 51.9 Å². The standard InChI is InChI=1S/C25H33N3O4S2/c1-2-14-27(20-13-16-34(31,32)18-20)23(29)17-33-25-26-22-11-7-6-10-21(22)24(30)28(25)15-12-19-8-4-3-5-9-19/h6-8,10-11,20H,2-5,9,12-18H2,1H3. The van der Waals surface area contributed by atoms with Crippen LogP contribution >= 0.6 is 11.8 Å². The zero-order valence-electron chi connectivity index (χ0n) is 19.7. The normalized spacial score (nSPS) is 19.8. The van der Waals surface area contributed by atoms with Gasteiger partial charge in [0.15, 0.2) is 15.0 Å². The third kappa shape index (κ3) is 5.92. The SMILES string of the molecule is CCCN(C(=O)CSc1nc2ccccc2c(=O)n1CCC1=CCCCC1)C1CCS(=O)(=O)C1. The third-order valence-electron chi connectivity index (χ3n) is 6.63. The van der Waals surface area contributed by atoms with E-state index in [9.17, 15) is 18.0 Å². The third-order valence-corrected chi connectivity index (χ3v) is 9.34. The minimum Gasteiger partial charge on any atom is -0.338 e. The molecule has 4 rings (SSSR count). The van der Waals surface area contributed by atoms with E-state index >= 15 is 0 Å². The van der Waals surface area contributed by atoms with Crippen molar-refractivity contribution in [3.63, 3.8) is 0 Å². The molecule has 0 bridgehead atoms. The highest BCUT2D eigenvalue weighted by Gasteiger charge is 2.34. The van der Waals surface area contributed by atoms with E-state index in [0.717, 1.165) is 25.7 Å². The molecule has 2 aromatic rings.